The van der Waals surface area contributed by atoms with E-state index in [1.165, 1.54) is 6.92 Å². The van der Waals surface area contributed by atoms with E-state index in [0.29, 0.717) is 6.54 Å². The van der Waals surface area contributed by atoms with E-state index in [2.05, 4.69) is 5.32 Å². The Labute approximate surface area is 108 Å². The molecule has 1 atom stereocenters. The minimum atomic E-state index is -0.395. The number of phenols is 1. The van der Waals surface area contributed by atoms with Crippen molar-refractivity contribution < 1.29 is 14.6 Å². The van der Waals surface area contributed by atoms with Gasteiger partial charge in [-0.3, -0.25) is 4.79 Å². The molecule has 1 aromatic rings. The largest absolute Gasteiger partial charge is 0.508 e. The number of benzene rings is 1. The highest BCUT2D eigenvalue weighted by molar-refractivity contribution is 5.66. The number of aromatic hydroxyl groups is 1. The molecule has 0 spiro atoms. The number of hydrogen-bond donors (Lipinski definition) is 2. The smallest absolute Gasteiger partial charge is 0.303 e. The predicted molar refractivity (Wildman–Crippen MR) is 70.4 cm³/mol. The molecule has 0 aliphatic rings. The number of esters is 1. The number of rotatable bonds is 4. The zero-order chi connectivity index (χ0) is 13.8. The summed E-state index contributed by atoms with van der Waals surface area (Å²) in [6.45, 7) is 8.01. The summed E-state index contributed by atoms with van der Waals surface area (Å²) in [5.74, 6) is -0.167. The molecule has 0 radical (unpaired) electrons. The second kappa shape index (κ2) is 5.87. The van der Waals surface area contributed by atoms with Crippen LogP contribution in [-0.4, -0.2) is 23.2 Å². The fourth-order valence-electron chi connectivity index (χ4n) is 1.55. The number of hydrogen-bond acceptors (Lipinski definition) is 4. The summed E-state index contributed by atoms with van der Waals surface area (Å²) in [6, 6.07) is 6.76. The molecule has 4 heteroatoms. The third-order valence-electron chi connectivity index (χ3n) is 2.37. The fraction of sp³-hybridized carbons (Fsp3) is 0.500. The van der Waals surface area contributed by atoms with E-state index in [-0.39, 0.29) is 17.3 Å². The van der Waals surface area contributed by atoms with E-state index in [4.69, 9.17) is 4.74 Å². The Hall–Kier alpha value is -1.55. The first-order valence-corrected chi connectivity index (χ1v) is 5.99. The minimum absolute atomic E-state index is 0.0603. The molecule has 0 bridgehead atoms. The van der Waals surface area contributed by atoms with Gasteiger partial charge in [-0.05, 0) is 38.5 Å². The van der Waals surface area contributed by atoms with Crippen molar-refractivity contribution in [3.05, 3.63) is 29.8 Å². The number of nitrogens with one attached hydrogen (secondary N) is 1. The van der Waals surface area contributed by atoms with E-state index in [0.717, 1.165) is 5.56 Å². The van der Waals surface area contributed by atoms with Crippen LogP contribution in [0.25, 0.3) is 0 Å². The molecule has 0 saturated carbocycles. The first-order valence-electron chi connectivity index (χ1n) is 5.99. The SMILES string of the molecule is CC(=O)OC(CNC(C)(C)C)c1cccc(O)c1. The van der Waals surface area contributed by atoms with Crippen LogP contribution in [0.4, 0.5) is 0 Å². The third-order valence-corrected chi connectivity index (χ3v) is 2.37. The zero-order valence-corrected chi connectivity index (χ0v) is 11.4. The summed E-state index contributed by atoms with van der Waals surface area (Å²) in [6.07, 6.45) is -0.395. The van der Waals surface area contributed by atoms with Crippen molar-refractivity contribution >= 4 is 5.97 Å². The van der Waals surface area contributed by atoms with Gasteiger partial charge in [-0.25, -0.2) is 0 Å². The Kier molecular flexibility index (Phi) is 4.73. The van der Waals surface area contributed by atoms with Crippen molar-refractivity contribution in [2.75, 3.05) is 6.54 Å². The summed E-state index contributed by atoms with van der Waals surface area (Å²) in [5, 5.41) is 12.7. The first kappa shape index (κ1) is 14.5. The van der Waals surface area contributed by atoms with Crippen LogP contribution in [0.3, 0.4) is 0 Å². The second-order valence-corrected chi connectivity index (χ2v) is 5.32. The number of carbonyl (C=O) groups is 1. The van der Waals surface area contributed by atoms with E-state index in [9.17, 15) is 9.90 Å². The molecule has 18 heavy (non-hydrogen) atoms. The van der Waals surface area contributed by atoms with Gasteiger partial charge in [0.25, 0.3) is 0 Å². The minimum Gasteiger partial charge on any atom is -0.508 e. The lowest BCUT2D eigenvalue weighted by Gasteiger charge is -2.25. The maximum absolute atomic E-state index is 11.1. The number of ether oxygens (including phenoxy) is 1. The average Bonchev–Trinajstić information content (AvgIpc) is 2.22. The van der Waals surface area contributed by atoms with Crippen LogP contribution in [0.2, 0.25) is 0 Å². The molecule has 0 saturated heterocycles. The molecule has 4 nitrogen and oxygen atoms in total. The van der Waals surface area contributed by atoms with Crippen LogP contribution in [-0.2, 0) is 9.53 Å². The highest BCUT2D eigenvalue weighted by Crippen LogP contribution is 2.21. The van der Waals surface area contributed by atoms with Crippen LogP contribution in [0, 0.1) is 0 Å². The van der Waals surface area contributed by atoms with Gasteiger partial charge in [0.15, 0.2) is 0 Å². The second-order valence-electron chi connectivity index (χ2n) is 5.32. The summed E-state index contributed by atoms with van der Waals surface area (Å²) >= 11 is 0. The van der Waals surface area contributed by atoms with Crippen LogP contribution >= 0.6 is 0 Å². The van der Waals surface area contributed by atoms with Crippen molar-refractivity contribution in [2.24, 2.45) is 0 Å². The summed E-state index contributed by atoms with van der Waals surface area (Å²) in [5.41, 5.74) is 0.719. The Bertz CT molecular complexity index is 410. The van der Waals surface area contributed by atoms with Crippen molar-refractivity contribution in [3.63, 3.8) is 0 Å². The van der Waals surface area contributed by atoms with Crippen LogP contribution in [0.5, 0.6) is 5.75 Å². The van der Waals surface area contributed by atoms with E-state index < -0.39 is 6.10 Å². The normalized spacial score (nSPS) is 13.1. The summed E-state index contributed by atoms with van der Waals surface area (Å²) in [4.78, 5) is 11.1. The van der Waals surface area contributed by atoms with Gasteiger partial charge in [-0.15, -0.1) is 0 Å². The van der Waals surface area contributed by atoms with E-state index in [1.807, 2.05) is 26.8 Å². The lowest BCUT2D eigenvalue weighted by atomic mass is 10.1. The van der Waals surface area contributed by atoms with Gasteiger partial charge in [0, 0.05) is 19.0 Å². The Morgan fingerprint density at radius 3 is 2.61 bits per heavy atom. The Balaban J connectivity index is 2.81. The van der Waals surface area contributed by atoms with Crippen molar-refractivity contribution in [3.8, 4) is 5.75 Å². The molecular formula is C14H21NO3. The molecule has 1 rings (SSSR count). The number of carbonyl (C=O) groups excluding carboxylic acids is 1. The molecule has 0 fully saturated rings. The molecule has 1 unspecified atom stereocenters. The Morgan fingerprint density at radius 1 is 1.44 bits per heavy atom. The molecule has 0 amide bonds. The molecule has 2 N–H and O–H groups in total. The van der Waals surface area contributed by atoms with Gasteiger partial charge < -0.3 is 15.2 Å². The van der Waals surface area contributed by atoms with Gasteiger partial charge in [0.1, 0.15) is 11.9 Å². The van der Waals surface area contributed by atoms with E-state index >= 15 is 0 Å². The lowest BCUT2D eigenvalue weighted by molar-refractivity contribution is -0.146. The first-order chi connectivity index (χ1) is 8.28. The third kappa shape index (κ3) is 5.19. The molecule has 0 heterocycles. The topological polar surface area (TPSA) is 58.6 Å². The quantitative estimate of drug-likeness (QED) is 0.807. The van der Waals surface area contributed by atoms with Crippen molar-refractivity contribution in [2.45, 2.75) is 39.3 Å². The standard InChI is InChI=1S/C14H21NO3/c1-10(16)18-13(9-15-14(2,3)4)11-6-5-7-12(17)8-11/h5-8,13,15,17H,9H2,1-4H3. The molecule has 100 valence electrons. The highest BCUT2D eigenvalue weighted by atomic mass is 16.5. The van der Waals surface area contributed by atoms with Gasteiger partial charge in [-0.2, -0.15) is 0 Å². The molecule has 0 aliphatic carbocycles. The molecule has 0 aliphatic heterocycles. The number of phenolic OH excluding ortho intramolecular Hbond substituents is 1. The van der Waals surface area contributed by atoms with Crippen LogP contribution < -0.4 is 5.32 Å². The maximum atomic E-state index is 11.1. The lowest BCUT2D eigenvalue weighted by Crippen LogP contribution is -2.39. The van der Waals surface area contributed by atoms with Gasteiger partial charge in [0.2, 0.25) is 0 Å². The average molecular weight is 251 g/mol. The fourth-order valence-corrected chi connectivity index (χ4v) is 1.55. The molecule has 1 aromatic carbocycles. The maximum Gasteiger partial charge on any atom is 0.303 e. The predicted octanol–water partition coefficient (Wildman–Crippen LogP) is 2.38. The van der Waals surface area contributed by atoms with Crippen molar-refractivity contribution in [1.29, 1.82) is 0 Å². The molecule has 0 aromatic heterocycles. The van der Waals surface area contributed by atoms with Gasteiger partial charge in [0.05, 0.1) is 0 Å². The van der Waals surface area contributed by atoms with E-state index in [1.54, 1.807) is 18.2 Å². The van der Waals surface area contributed by atoms with Gasteiger partial charge >= 0.3 is 5.97 Å². The zero-order valence-electron chi connectivity index (χ0n) is 11.4. The summed E-state index contributed by atoms with van der Waals surface area (Å²) < 4.78 is 5.27. The van der Waals surface area contributed by atoms with Crippen molar-refractivity contribution in [1.82, 2.24) is 5.32 Å². The van der Waals surface area contributed by atoms with Crippen LogP contribution in [0.1, 0.15) is 39.4 Å². The highest BCUT2D eigenvalue weighted by Gasteiger charge is 2.18. The summed E-state index contributed by atoms with van der Waals surface area (Å²) in [7, 11) is 0. The Morgan fingerprint density at radius 2 is 2.11 bits per heavy atom. The monoisotopic (exact) mass is 251 g/mol. The van der Waals surface area contributed by atoms with Gasteiger partial charge in [-0.1, -0.05) is 12.1 Å². The van der Waals surface area contributed by atoms with Crippen LogP contribution in [0.15, 0.2) is 24.3 Å². The molecular weight excluding hydrogens is 230 g/mol.